The highest BCUT2D eigenvalue weighted by atomic mass is 32.2. The van der Waals surface area contributed by atoms with Gasteiger partial charge in [0, 0.05) is 13.1 Å². The third-order valence-electron chi connectivity index (χ3n) is 3.38. The number of thiophene rings is 1. The lowest BCUT2D eigenvalue weighted by Gasteiger charge is -2.39. The second-order valence-electron chi connectivity index (χ2n) is 5.48. The van der Waals surface area contributed by atoms with Gasteiger partial charge in [0.05, 0.1) is 10.6 Å². The van der Waals surface area contributed by atoms with E-state index in [1.807, 2.05) is 6.26 Å². The second-order valence-corrected chi connectivity index (χ2v) is 7.30. The van der Waals surface area contributed by atoms with Gasteiger partial charge in [-0.3, -0.25) is 0 Å². The van der Waals surface area contributed by atoms with Crippen molar-refractivity contribution >= 4 is 33.8 Å². The first kappa shape index (κ1) is 13.6. The molecular formula is C13H19N3S2. The Morgan fingerprint density at radius 3 is 2.78 bits per heavy atom. The van der Waals surface area contributed by atoms with E-state index < -0.39 is 0 Å². The van der Waals surface area contributed by atoms with Crippen molar-refractivity contribution in [2.75, 3.05) is 30.0 Å². The van der Waals surface area contributed by atoms with Crippen molar-refractivity contribution in [1.82, 2.24) is 0 Å². The van der Waals surface area contributed by atoms with Crippen LogP contribution in [0.15, 0.2) is 4.90 Å². The maximum absolute atomic E-state index is 9.11. The minimum atomic E-state index is 0.347. The number of nitrogens with zero attached hydrogens (tertiary/aromatic N) is 2. The molecule has 1 fully saturated rings. The molecule has 1 aromatic rings. The molecule has 0 spiro atoms. The van der Waals surface area contributed by atoms with Gasteiger partial charge in [0.1, 0.15) is 15.9 Å². The van der Waals surface area contributed by atoms with Gasteiger partial charge in [-0.1, -0.05) is 13.8 Å². The fourth-order valence-electron chi connectivity index (χ4n) is 2.50. The van der Waals surface area contributed by atoms with Crippen LogP contribution in [0.25, 0.3) is 0 Å². The Morgan fingerprint density at radius 1 is 1.50 bits per heavy atom. The highest BCUT2D eigenvalue weighted by Gasteiger charge is 2.29. The molecule has 1 aliphatic heterocycles. The molecule has 0 atom stereocenters. The Balaban J connectivity index is 2.36. The topological polar surface area (TPSA) is 53.0 Å². The number of hydrogen-bond donors (Lipinski definition) is 1. The van der Waals surface area contributed by atoms with Crippen molar-refractivity contribution in [3.05, 3.63) is 4.88 Å². The largest absolute Gasteiger partial charge is 0.396 e. The first-order valence-electron chi connectivity index (χ1n) is 6.10. The summed E-state index contributed by atoms with van der Waals surface area (Å²) in [6.45, 7) is 6.73. The molecule has 0 unspecified atom stereocenters. The van der Waals surface area contributed by atoms with E-state index in [9.17, 15) is 0 Å². The Bertz CT molecular complexity index is 485. The lowest BCUT2D eigenvalue weighted by molar-refractivity contribution is 0.293. The predicted octanol–water partition coefficient (Wildman–Crippen LogP) is 3.55. The molecule has 1 aromatic heterocycles. The predicted molar refractivity (Wildman–Crippen MR) is 80.5 cm³/mol. The zero-order valence-electron chi connectivity index (χ0n) is 11.1. The van der Waals surface area contributed by atoms with E-state index in [2.05, 4.69) is 24.8 Å². The van der Waals surface area contributed by atoms with Crippen molar-refractivity contribution in [3.63, 3.8) is 0 Å². The number of nitrogen functional groups attached to an aromatic ring is 1. The van der Waals surface area contributed by atoms with Crippen LogP contribution < -0.4 is 10.6 Å². The number of piperidine rings is 1. The number of nitriles is 1. The highest BCUT2D eigenvalue weighted by molar-refractivity contribution is 7.99. The van der Waals surface area contributed by atoms with Gasteiger partial charge in [0.15, 0.2) is 0 Å². The maximum Gasteiger partial charge on any atom is 0.131 e. The number of nitrogens with two attached hydrogens (primary N) is 1. The standard InChI is InChI=1S/C13H19N3S2/c1-13(2)5-4-6-16(8-13)12-11(17-3)10(15)9(7-14)18-12/h4-6,8,15H2,1-3H3. The van der Waals surface area contributed by atoms with E-state index in [0.717, 1.165) is 18.0 Å². The van der Waals surface area contributed by atoms with Gasteiger partial charge in [-0.05, 0) is 24.5 Å². The van der Waals surface area contributed by atoms with Crippen LogP contribution in [0.4, 0.5) is 10.7 Å². The van der Waals surface area contributed by atoms with Crippen molar-refractivity contribution in [1.29, 1.82) is 5.26 Å². The minimum absolute atomic E-state index is 0.347. The van der Waals surface area contributed by atoms with Crippen LogP contribution in [0.1, 0.15) is 31.6 Å². The van der Waals surface area contributed by atoms with Crippen LogP contribution in [-0.4, -0.2) is 19.3 Å². The van der Waals surface area contributed by atoms with Crippen molar-refractivity contribution in [2.24, 2.45) is 5.41 Å². The monoisotopic (exact) mass is 281 g/mol. The summed E-state index contributed by atoms with van der Waals surface area (Å²) in [5.41, 5.74) is 7.05. The summed E-state index contributed by atoms with van der Waals surface area (Å²) in [5, 5.41) is 10.3. The first-order valence-corrected chi connectivity index (χ1v) is 8.14. The average molecular weight is 281 g/mol. The Morgan fingerprint density at radius 2 is 2.22 bits per heavy atom. The average Bonchev–Trinajstić information content (AvgIpc) is 2.64. The van der Waals surface area contributed by atoms with E-state index in [0.29, 0.717) is 16.0 Å². The molecule has 2 heterocycles. The van der Waals surface area contributed by atoms with Gasteiger partial charge < -0.3 is 10.6 Å². The molecule has 3 nitrogen and oxygen atoms in total. The molecule has 0 aliphatic carbocycles. The van der Waals surface area contributed by atoms with Gasteiger partial charge in [-0.2, -0.15) is 5.26 Å². The van der Waals surface area contributed by atoms with Gasteiger partial charge in [-0.15, -0.1) is 23.1 Å². The van der Waals surface area contributed by atoms with Crippen LogP contribution in [0.3, 0.4) is 0 Å². The minimum Gasteiger partial charge on any atom is -0.396 e. The summed E-state index contributed by atoms with van der Waals surface area (Å²) in [4.78, 5) is 4.13. The molecule has 0 radical (unpaired) electrons. The molecule has 0 aromatic carbocycles. The van der Waals surface area contributed by atoms with Gasteiger partial charge >= 0.3 is 0 Å². The second kappa shape index (κ2) is 5.02. The number of thioether (sulfide) groups is 1. The molecule has 1 aliphatic rings. The highest BCUT2D eigenvalue weighted by Crippen LogP contribution is 2.45. The summed E-state index contributed by atoms with van der Waals surface area (Å²) in [5.74, 6) is 0. The molecule has 18 heavy (non-hydrogen) atoms. The van der Waals surface area contributed by atoms with E-state index in [-0.39, 0.29) is 0 Å². The fourth-order valence-corrected chi connectivity index (χ4v) is 4.51. The molecule has 0 amide bonds. The van der Waals surface area contributed by atoms with E-state index in [1.54, 1.807) is 11.8 Å². The van der Waals surface area contributed by atoms with Gasteiger partial charge in [0.25, 0.3) is 0 Å². The molecule has 5 heteroatoms. The molecule has 0 bridgehead atoms. The summed E-state index contributed by atoms with van der Waals surface area (Å²) in [6.07, 6.45) is 4.50. The van der Waals surface area contributed by atoms with Crippen LogP contribution in [-0.2, 0) is 0 Å². The smallest absolute Gasteiger partial charge is 0.131 e. The summed E-state index contributed by atoms with van der Waals surface area (Å²) < 4.78 is 0. The molecule has 2 N–H and O–H groups in total. The number of hydrogen-bond acceptors (Lipinski definition) is 5. The fraction of sp³-hybridized carbons (Fsp3) is 0.615. The lowest BCUT2D eigenvalue weighted by Crippen LogP contribution is -2.39. The van der Waals surface area contributed by atoms with E-state index in [4.69, 9.17) is 11.0 Å². The molecular weight excluding hydrogens is 262 g/mol. The van der Waals surface area contributed by atoms with E-state index >= 15 is 0 Å². The number of anilines is 2. The lowest BCUT2D eigenvalue weighted by atomic mass is 9.84. The Kier molecular flexibility index (Phi) is 3.79. The zero-order valence-corrected chi connectivity index (χ0v) is 12.7. The van der Waals surface area contributed by atoms with Crippen LogP contribution in [0.2, 0.25) is 0 Å². The summed E-state index contributed by atoms with van der Waals surface area (Å²) in [7, 11) is 0. The van der Waals surface area contributed by atoms with Gasteiger partial charge in [0.2, 0.25) is 0 Å². The maximum atomic E-state index is 9.11. The van der Waals surface area contributed by atoms with E-state index in [1.165, 1.54) is 29.2 Å². The SMILES string of the molecule is CSc1c(N2CCCC(C)(C)C2)sc(C#N)c1N. The van der Waals surface area contributed by atoms with Crippen LogP contribution in [0.5, 0.6) is 0 Å². The van der Waals surface area contributed by atoms with Crippen molar-refractivity contribution in [3.8, 4) is 6.07 Å². The third-order valence-corrected chi connectivity index (χ3v) is 5.50. The summed E-state index contributed by atoms with van der Waals surface area (Å²) >= 11 is 3.18. The molecule has 98 valence electrons. The molecule has 2 rings (SSSR count). The first-order chi connectivity index (χ1) is 8.48. The Labute approximate surface area is 117 Å². The van der Waals surface area contributed by atoms with Crippen LogP contribution in [0, 0.1) is 16.7 Å². The quantitative estimate of drug-likeness (QED) is 0.842. The van der Waals surface area contributed by atoms with Crippen molar-refractivity contribution < 1.29 is 0 Å². The van der Waals surface area contributed by atoms with Gasteiger partial charge in [-0.25, -0.2) is 0 Å². The third kappa shape index (κ3) is 2.45. The molecule has 0 saturated carbocycles. The Hall–Kier alpha value is -0.860. The summed E-state index contributed by atoms with van der Waals surface area (Å²) in [6, 6.07) is 2.20. The van der Waals surface area contributed by atoms with Crippen LogP contribution >= 0.6 is 23.1 Å². The number of rotatable bonds is 2. The van der Waals surface area contributed by atoms with Crippen molar-refractivity contribution in [2.45, 2.75) is 31.6 Å². The normalized spacial score (nSPS) is 18.7. The molecule has 1 saturated heterocycles. The zero-order chi connectivity index (χ0) is 13.3.